The Kier molecular flexibility index (Phi) is 4.78. The van der Waals surface area contributed by atoms with E-state index in [-0.39, 0.29) is 0 Å². The molecule has 1 aromatic heterocycles. The third kappa shape index (κ3) is 3.62. The number of aromatic nitrogens is 3. The van der Waals surface area contributed by atoms with Crippen LogP contribution in [0.2, 0.25) is 0 Å². The third-order valence-electron chi connectivity index (χ3n) is 3.56. The summed E-state index contributed by atoms with van der Waals surface area (Å²) in [7, 11) is 2.03. The minimum atomic E-state index is 0.599. The number of ether oxygens (including phenoxy) is 2. The van der Waals surface area contributed by atoms with Crippen molar-refractivity contribution in [3.63, 3.8) is 0 Å². The second kappa shape index (κ2) is 6.97. The number of fused-ring (bicyclic) bond motifs is 1. The van der Waals surface area contributed by atoms with Crippen LogP contribution in [0.25, 0.3) is 0 Å². The molecule has 0 N–H and O–H groups in total. The lowest BCUT2D eigenvalue weighted by atomic mass is 10.2. The number of benzene rings is 1. The van der Waals surface area contributed by atoms with Crippen molar-refractivity contribution in [1.29, 1.82) is 0 Å². The van der Waals surface area contributed by atoms with Gasteiger partial charge in [-0.15, -0.1) is 6.58 Å². The summed E-state index contributed by atoms with van der Waals surface area (Å²) in [6.45, 7) is 6.99. The highest BCUT2D eigenvalue weighted by molar-refractivity contribution is 7.71. The quantitative estimate of drug-likeness (QED) is 0.601. The molecule has 3 rings (SSSR count). The fraction of sp³-hybridized carbons (Fsp3) is 0.375. The zero-order valence-electron chi connectivity index (χ0n) is 13.1. The fourth-order valence-corrected chi connectivity index (χ4v) is 2.74. The predicted molar refractivity (Wildman–Crippen MR) is 90.1 cm³/mol. The smallest absolute Gasteiger partial charge is 0.199 e. The largest absolute Gasteiger partial charge is 0.486 e. The molecule has 0 aliphatic carbocycles. The van der Waals surface area contributed by atoms with Gasteiger partial charge in [-0.25, -0.2) is 4.68 Å². The van der Waals surface area contributed by atoms with E-state index in [9.17, 15) is 0 Å². The molecule has 0 fully saturated rings. The molecule has 0 atom stereocenters. The highest BCUT2D eigenvalue weighted by Crippen LogP contribution is 2.31. The summed E-state index contributed by atoms with van der Waals surface area (Å²) in [4.78, 5) is 2.15. The second-order valence-electron chi connectivity index (χ2n) is 5.49. The summed E-state index contributed by atoms with van der Waals surface area (Å²) in [5.41, 5.74) is 1.16. The van der Waals surface area contributed by atoms with E-state index >= 15 is 0 Å². The molecule has 0 radical (unpaired) electrons. The van der Waals surface area contributed by atoms with Gasteiger partial charge < -0.3 is 14.0 Å². The molecule has 0 spiro atoms. The molecule has 2 heterocycles. The van der Waals surface area contributed by atoms with Gasteiger partial charge in [-0.1, -0.05) is 12.1 Å². The van der Waals surface area contributed by atoms with Gasteiger partial charge in [0.2, 0.25) is 0 Å². The Balaban J connectivity index is 1.66. The SMILES string of the molecule is C=CCn1cnn(CN(C)Cc2ccc3c(c2)OCCO3)c1=S. The Bertz CT molecular complexity index is 753. The third-order valence-corrected chi connectivity index (χ3v) is 4.00. The number of hydrogen-bond donors (Lipinski definition) is 0. The van der Waals surface area contributed by atoms with E-state index in [4.69, 9.17) is 21.7 Å². The monoisotopic (exact) mass is 332 g/mol. The lowest BCUT2D eigenvalue weighted by Gasteiger charge is -2.21. The first-order valence-electron chi connectivity index (χ1n) is 7.47. The van der Waals surface area contributed by atoms with Crippen molar-refractivity contribution in [2.45, 2.75) is 19.8 Å². The minimum absolute atomic E-state index is 0.599. The summed E-state index contributed by atoms with van der Waals surface area (Å²) in [6, 6.07) is 6.04. The van der Waals surface area contributed by atoms with Crippen LogP contribution in [-0.4, -0.2) is 39.5 Å². The number of rotatable bonds is 6. The molecule has 0 saturated carbocycles. The second-order valence-corrected chi connectivity index (χ2v) is 5.85. The van der Waals surface area contributed by atoms with Crippen LogP contribution in [0.3, 0.4) is 0 Å². The molecule has 1 aromatic carbocycles. The normalized spacial score (nSPS) is 13.3. The molecule has 2 aromatic rings. The molecule has 0 saturated heterocycles. The van der Waals surface area contributed by atoms with Crippen LogP contribution < -0.4 is 9.47 Å². The summed E-state index contributed by atoms with van der Waals surface area (Å²) in [5.74, 6) is 1.63. The summed E-state index contributed by atoms with van der Waals surface area (Å²) >= 11 is 5.41. The summed E-state index contributed by atoms with van der Waals surface area (Å²) in [5, 5.41) is 4.33. The highest BCUT2D eigenvalue weighted by Gasteiger charge is 2.12. The fourth-order valence-electron chi connectivity index (χ4n) is 2.51. The Morgan fingerprint density at radius 2 is 2.13 bits per heavy atom. The van der Waals surface area contributed by atoms with E-state index < -0.39 is 0 Å². The maximum atomic E-state index is 5.62. The molecule has 23 heavy (non-hydrogen) atoms. The van der Waals surface area contributed by atoms with E-state index in [1.807, 2.05) is 23.7 Å². The zero-order chi connectivity index (χ0) is 16.2. The average molecular weight is 332 g/mol. The van der Waals surface area contributed by atoms with Gasteiger partial charge >= 0.3 is 0 Å². The first-order valence-corrected chi connectivity index (χ1v) is 7.88. The van der Waals surface area contributed by atoms with Gasteiger partial charge in [0.15, 0.2) is 16.3 Å². The molecule has 7 heteroatoms. The van der Waals surface area contributed by atoms with Crippen molar-refractivity contribution >= 4 is 12.2 Å². The molecule has 0 unspecified atom stereocenters. The Morgan fingerprint density at radius 1 is 1.35 bits per heavy atom. The zero-order valence-corrected chi connectivity index (χ0v) is 14.0. The predicted octanol–water partition coefficient (Wildman–Crippen LogP) is 2.46. The van der Waals surface area contributed by atoms with Crippen molar-refractivity contribution in [1.82, 2.24) is 19.2 Å². The molecular formula is C16H20N4O2S. The molecule has 0 bridgehead atoms. The van der Waals surface area contributed by atoms with Gasteiger partial charge in [-0.3, -0.25) is 4.90 Å². The first-order chi connectivity index (χ1) is 11.2. The lowest BCUT2D eigenvalue weighted by Crippen LogP contribution is -2.23. The molecule has 0 amide bonds. The van der Waals surface area contributed by atoms with E-state index in [1.54, 1.807) is 17.1 Å². The van der Waals surface area contributed by atoms with Gasteiger partial charge in [0, 0.05) is 13.1 Å². The Hall–Kier alpha value is -2.12. The van der Waals surface area contributed by atoms with Crippen LogP contribution in [0.15, 0.2) is 37.2 Å². The van der Waals surface area contributed by atoms with Gasteiger partial charge in [0.1, 0.15) is 19.5 Å². The molecular weight excluding hydrogens is 312 g/mol. The van der Waals surface area contributed by atoms with Gasteiger partial charge in [0.05, 0.1) is 6.67 Å². The van der Waals surface area contributed by atoms with Crippen LogP contribution in [0.5, 0.6) is 11.5 Å². The van der Waals surface area contributed by atoms with Crippen LogP contribution in [-0.2, 0) is 19.8 Å². The number of nitrogens with zero attached hydrogens (tertiary/aromatic N) is 4. The number of hydrogen-bond acceptors (Lipinski definition) is 5. The number of allylic oxidation sites excluding steroid dienone is 1. The first kappa shape index (κ1) is 15.8. The van der Waals surface area contributed by atoms with Gasteiger partial charge in [0.25, 0.3) is 0 Å². The maximum Gasteiger partial charge on any atom is 0.199 e. The maximum absolute atomic E-state index is 5.62. The van der Waals surface area contributed by atoms with E-state index in [0.717, 1.165) is 23.6 Å². The average Bonchev–Trinajstić information content (AvgIpc) is 2.88. The Morgan fingerprint density at radius 3 is 2.91 bits per heavy atom. The molecule has 122 valence electrons. The van der Waals surface area contributed by atoms with Crippen molar-refractivity contribution in [3.8, 4) is 11.5 Å². The topological polar surface area (TPSA) is 44.5 Å². The minimum Gasteiger partial charge on any atom is -0.486 e. The molecule has 1 aliphatic heterocycles. The van der Waals surface area contributed by atoms with Crippen molar-refractivity contribution in [3.05, 3.63) is 47.5 Å². The van der Waals surface area contributed by atoms with E-state index in [0.29, 0.717) is 31.2 Å². The van der Waals surface area contributed by atoms with Crippen LogP contribution in [0.1, 0.15) is 5.56 Å². The van der Waals surface area contributed by atoms with E-state index in [2.05, 4.69) is 22.6 Å². The van der Waals surface area contributed by atoms with Crippen LogP contribution in [0, 0.1) is 4.77 Å². The Labute approximate surface area is 140 Å². The highest BCUT2D eigenvalue weighted by atomic mass is 32.1. The van der Waals surface area contributed by atoms with Crippen molar-refractivity contribution in [2.75, 3.05) is 20.3 Å². The van der Waals surface area contributed by atoms with E-state index in [1.165, 1.54) is 0 Å². The lowest BCUT2D eigenvalue weighted by molar-refractivity contribution is 0.171. The standard InChI is InChI=1S/C16H20N4O2S/c1-3-6-19-11-17-20(16(19)23)12-18(2)10-13-4-5-14-15(9-13)22-8-7-21-14/h3-5,9,11H,1,6-8,10,12H2,2H3. The molecule has 6 nitrogen and oxygen atoms in total. The molecule has 1 aliphatic rings. The van der Waals surface area contributed by atoms with Crippen LogP contribution in [0.4, 0.5) is 0 Å². The van der Waals surface area contributed by atoms with Crippen molar-refractivity contribution < 1.29 is 9.47 Å². The van der Waals surface area contributed by atoms with Crippen molar-refractivity contribution in [2.24, 2.45) is 0 Å². The van der Waals surface area contributed by atoms with Crippen LogP contribution >= 0.6 is 12.2 Å². The van der Waals surface area contributed by atoms with Gasteiger partial charge in [-0.05, 0) is 37.0 Å². The summed E-state index contributed by atoms with van der Waals surface area (Å²) < 4.78 is 15.6. The summed E-state index contributed by atoms with van der Waals surface area (Å²) in [6.07, 6.45) is 3.54. The van der Waals surface area contributed by atoms with Gasteiger partial charge in [-0.2, -0.15) is 5.10 Å².